The molecule has 2 N–H and O–H groups in total. The van der Waals surface area contributed by atoms with Crippen molar-refractivity contribution in [2.75, 3.05) is 11.9 Å². The summed E-state index contributed by atoms with van der Waals surface area (Å²) >= 11 is 0. The molecule has 1 heterocycles. The third kappa shape index (κ3) is 3.96. The molecular weight excluding hydrogens is 334 g/mol. The maximum absolute atomic E-state index is 12.4. The Kier molecular flexibility index (Phi) is 5.11. The topological polar surface area (TPSA) is 84.9 Å². The second kappa shape index (κ2) is 7.47. The molecule has 136 valence electrons. The van der Waals surface area contributed by atoms with E-state index in [-0.39, 0.29) is 24.0 Å². The van der Waals surface area contributed by atoms with Crippen LogP contribution in [0.3, 0.4) is 0 Å². The number of carboxylic acids is 1. The zero-order valence-electron chi connectivity index (χ0n) is 14.7. The fraction of sp³-hybridized carbons (Fsp3) is 0.300. The number of ether oxygens (including phenoxy) is 2. The maximum atomic E-state index is 12.4. The van der Waals surface area contributed by atoms with Crippen LogP contribution in [0, 0.1) is 0 Å². The molecule has 1 unspecified atom stereocenters. The molecule has 1 atom stereocenters. The zero-order chi connectivity index (χ0) is 18.7. The molecule has 0 spiro atoms. The number of hydrogen-bond acceptors (Lipinski definition) is 4. The summed E-state index contributed by atoms with van der Waals surface area (Å²) in [7, 11) is 0. The van der Waals surface area contributed by atoms with Crippen molar-refractivity contribution in [1.82, 2.24) is 0 Å². The summed E-state index contributed by atoms with van der Waals surface area (Å²) < 4.78 is 11.4. The lowest BCUT2D eigenvalue weighted by atomic mass is 10.1. The van der Waals surface area contributed by atoms with Gasteiger partial charge in [0.05, 0.1) is 24.3 Å². The lowest BCUT2D eigenvalue weighted by molar-refractivity contribution is -0.115. The SMILES string of the molecule is CCOc1cc2c(cc1NC(=O)Cc1ccc(C(=O)O)cc1)OC(C)C2. The highest BCUT2D eigenvalue weighted by atomic mass is 16.5. The van der Waals surface area contributed by atoms with Crippen molar-refractivity contribution in [1.29, 1.82) is 0 Å². The van der Waals surface area contributed by atoms with Crippen LogP contribution in [0.4, 0.5) is 5.69 Å². The quantitative estimate of drug-likeness (QED) is 0.831. The van der Waals surface area contributed by atoms with E-state index in [1.165, 1.54) is 12.1 Å². The Labute approximate surface area is 151 Å². The molecule has 0 saturated carbocycles. The van der Waals surface area contributed by atoms with Crippen molar-refractivity contribution in [3.8, 4) is 11.5 Å². The summed E-state index contributed by atoms with van der Waals surface area (Å²) in [5.41, 5.74) is 2.57. The van der Waals surface area contributed by atoms with Gasteiger partial charge in [0, 0.05) is 18.1 Å². The van der Waals surface area contributed by atoms with Gasteiger partial charge >= 0.3 is 5.97 Å². The smallest absolute Gasteiger partial charge is 0.335 e. The molecule has 1 amide bonds. The fourth-order valence-corrected chi connectivity index (χ4v) is 2.96. The van der Waals surface area contributed by atoms with Crippen molar-refractivity contribution in [3.05, 3.63) is 53.1 Å². The molecule has 6 heteroatoms. The van der Waals surface area contributed by atoms with Gasteiger partial charge in [0.2, 0.25) is 5.91 Å². The van der Waals surface area contributed by atoms with Crippen LogP contribution in [0.1, 0.15) is 35.3 Å². The Hall–Kier alpha value is -3.02. The van der Waals surface area contributed by atoms with Crippen LogP contribution in [0.15, 0.2) is 36.4 Å². The Morgan fingerprint density at radius 3 is 2.65 bits per heavy atom. The van der Waals surface area contributed by atoms with E-state index < -0.39 is 5.97 Å². The number of anilines is 1. The van der Waals surface area contributed by atoms with Crippen molar-refractivity contribution < 1.29 is 24.2 Å². The number of carbonyl (C=O) groups excluding carboxylic acids is 1. The molecule has 26 heavy (non-hydrogen) atoms. The first-order chi connectivity index (χ1) is 12.5. The molecule has 2 aromatic carbocycles. The number of carboxylic acid groups (broad SMARTS) is 1. The first-order valence-electron chi connectivity index (χ1n) is 8.54. The van der Waals surface area contributed by atoms with Gasteiger partial charge in [-0.25, -0.2) is 4.79 Å². The highest BCUT2D eigenvalue weighted by molar-refractivity contribution is 5.94. The molecule has 0 bridgehead atoms. The van der Waals surface area contributed by atoms with Gasteiger partial charge in [-0.15, -0.1) is 0 Å². The fourth-order valence-electron chi connectivity index (χ4n) is 2.96. The standard InChI is InChI=1S/C20H21NO5/c1-3-25-18-10-15-8-12(2)26-17(15)11-16(18)21-19(22)9-13-4-6-14(7-5-13)20(23)24/h4-7,10-12H,3,8-9H2,1-2H3,(H,21,22)(H,23,24). The van der Waals surface area contributed by atoms with E-state index in [9.17, 15) is 9.59 Å². The van der Waals surface area contributed by atoms with Crippen molar-refractivity contribution >= 4 is 17.6 Å². The Morgan fingerprint density at radius 2 is 2.00 bits per heavy atom. The Morgan fingerprint density at radius 1 is 1.27 bits per heavy atom. The lowest BCUT2D eigenvalue weighted by Gasteiger charge is -2.13. The highest BCUT2D eigenvalue weighted by Crippen LogP contribution is 2.38. The summed E-state index contributed by atoms with van der Waals surface area (Å²) in [6.07, 6.45) is 1.07. The first kappa shape index (κ1) is 17.8. The average molecular weight is 355 g/mol. The van der Waals surface area contributed by atoms with Gasteiger partial charge < -0.3 is 19.9 Å². The first-order valence-corrected chi connectivity index (χ1v) is 8.54. The zero-order valence-corrected chi connectivity index (χ0v) is 14.7. The van der Waals surface area contributed by atoms with Crippen LogP contribution in [0.2, 0.25) is 0 Å². The van der Waals surface area contributed by atoms with E-state index >= 15 is 0 Å². The molecule has 0 saturated heterocycles. The van der Waals surface area contributed by atoms with Gasteiger partial charge in [0.15, 0.2) is 0 Å². The number of aromatic carboxylic acids is 1. The Balaban J connectivity index is 1.74. The minimum absolute atomic E-state index is 0.109. The molecule has 0 aliphatic carbocycles. The predicted octanol–water partition coefficient (Wildman–Crippen LogP) is 3.29. The number of rotatable bonds is 6. The van der Waals surface area contributed by atoms with Gasteiger partial charge in [0.25, 0.3) is 0 Å². The van der Waals surface area contributed by atoms with Gasteiger partial charge in [-0.1, -0.05) is 12.1 Å². The molecule has 0 radical (unpaired) electrons. The summed E-state index contributed by atoms with van der Waals surface area (Å²) in [5.74, 6) is 0.190. The van der Waals surface area contributed by atoms with E-state index in [4.69, 9.17) is 14.6 Å². The van der Waals surface area contributed by atoms with Crippen LogP contribution in [-0.4, -0.2) is 29.7 Å². The minimum Gasteiger partial charge on any atom is -0.492 e. The van der Waals surface area contributed by atoms with Crippen LogP contribution >= 0.6 is 0 Å². The van der Waals surface area contributed by atoms with Crippen LogP contribution in [0.25, 0.3) is 0 Å². The number of nitrogens with one attached hydrogen (secondary N) is 1. The molecule has 0 aromatic heterocycles. The average Bonchev–Trinajstić information content (AvgIpc) is 2.94. The lowest BCUT2D eigenvalue weighted by Crippen LogP contribution is -2.15. The highest BCUT2D eigenvalue weighted by Gasteiger charge is 2.22. The van der Waals surface area contributed by atoms with Crippen LogP contribution in [0.5, 0.6) is 11.5 Å². The molecular formula is C20H21NO5. The van der Waals surface area contributed by atoms with E-state index in [0.717, 1.165) is 23.3 Å². The summed E-state index contributed by atoms with van der Waals surface area (Å²) in [6.45, 7) is 4.38. The third-order valence-corrected chi connectivity index (χ3v) is 4.14. The van der Waals surface area contributed by atoms with Crippen molar-refractivity contribution in [2.24, 2.45) is 0 Å². The van der Waals surface area contributed by atoms with Crippen molar-refractivity contribution in [2.45, 2.75) is 32.8 Å². The van der Waals surface area contributed by atoms with Gasteiger partial charge in [0.1, 0.15) is 17.6 Å². The number of amides is 1. The number of hydrogen-bond donors (Lipinski definition) is 2. The van der Waals surface area contributed by atoms with Gasteiger partial charge in [-0.05, 0) is 37.6 Å². The van der Waals surface area contributed by atoms with E-state index in [1.54, 1.807) is 18.2 Å². The second-order valence-electron chi connectivity index (χ2n) is 6.25. The second-order valence-corrected chi connectivity index (χ2v) is 6.25. The number of benzene rings is 2. The van der Waals surface area contributed by atoms with Crippen LogP contribution in [-0.2, 0) is 17.6 Å². The normalized spacial score (nSPS) is 15.1. The van der Waals surface area contributed by atoms with E-state index in [1.807, 2.05) is 19.9 Å². The molecule has 2 aromatic rings. The largest absolute Gasteiger partial charge is 0.492 e. The number of carbonyl (C=O) groups is 2. The predicted molar refractivity (Wildman–Crippen MR) is 97.1 cm³/mol. The number of fused-ring (bicyclic) bond motifs is 1. The van der Waals surface area contributed by atoms with Crippen molar-refractivity contribution in [3.63, 3.8) is 0 Å². The van der Waals surface area contributed by atoms with Gasteiger partial charge in [-0.2, -0.15) is 0 Å². The molecule has 3 rings (SSSR count). The molecule has 0 fully saturated rings. The molecule has 6 nitrogen and oxygen atoms in total. The summed E-state index contributed by atoms with van der Waals surface area (Å²) in [6, 6.07) is 9.97. The van der Waals surface area contributed by atoms with E-state index in [2.05, 4.69) is 5.32 Å². The Bertz CT molecular complexity index is 829. The molecule has 1 aliphatic heterocycles. The summed E-state index contributed by atoms with van der Waals surface area (Å²) in [5, 5.41) is 11.8. The summed E-state index contributed by atoms with van der Waals surface area (Å²) in [4.78, 5) is 23.3. The maximum Gasteiger partial charge on any atom is 0.335 e. The third-order valence-electron chi connectivity index (χ3n) is 4.14. The monoisotopic (exact) mass is 355 g/mol. The molecule has 1 aliphatic rings. The van der Waals surface area contributed by atoms with Gasteiger partial charge in [-0.3, -0.25) is 4.79 Å². The minimum atomic E-state index is -0.991. The van der Waals surface area contributed by atoms with Crippen LogP contribution < -0.4 is 14.8 Å². The van der Waals surface area contributed by atoms with E-state index in [0.29, 0.717) is 18.0 Å².